The Balaban J connectivity index is 2.08. The van der Waals surface area contributed by atoms with E-state index in [1.165, 1.54) is 19.3 Å². The van der Waals surface area contributed by atoms with Crippen LogP contribution < -0.4 is 14.8 Å². The fourth-order valence-electron chi connectivity index (χ4n) is 2.45. The lowest BCUT2D eigenvalue weighted by atomic mass is 9.92. The first kappa shape index (κ1) is 12.2. The monoisotopic (exact) mass is 235 g/mol. The van der Waals surface area contributed by atoms with E-state index < -0.39 is 0 Å². The van der Waals surface area contributed by atoms with Crippen LogP contribution in [-0.4, -0.2) is 26.3 Å². The van der Waals surface area contributed by atoms with Gasteiger partial charge in [-0.25, -0.2) is 0 Å². The second-order valence-corrected chi connectivity index (χ2v) is 4.49. The zero-order valence-electron chi connectivity index (χ0n) is 10.6. The quantitative estimate of drug-likeness (QED) is 0.870. The number of nitrogens with one attached hydrogen (secondary N) is 1. The maximum atomic E-state index is 6.09. The summed E-state index contributed by atoms with van der Waals surface area (Å²) in [4.78, 5) is 0. The summed E-state index contributed by atoms with van der Waals surface area (Å²) in [6, 6.07) is 8.30. The molecule has 1 aliphatic carbocycles. The molecule has 1 N–H and O–H groups in total. The molecule has 1 aromatic carbocycles. The fraction of sp³-hybridized carbons (Fsp3) is 0.571. The number of methoxy groups -OCH3 is 1. The highest BCUT2D eigenvalue weighted by atomic mass is 16.5. The standard InChI is InChI=1S/C14H21NO2/c1-15-11-7-3-4-8-12(11)17-14-10-6-5-9-13(14)16-2/h5-6,9-12,15H,3-4,7-8H2,1-2H3. The summed E-state index contributed by atoms with van der Waals surface area (Å²) >= 11 is 0. The summed E-state index contributed by atoms with van der Waals surface area (Å²) in [5, 5.41) is 3.35. The molecule has 2 unspecified atom stereocenters. The predicted octanol–water partition coefficient (Wildman–Crippen LogP) is 2.60. The topological polar surface area (TPSA) is 30.5 Å². The van der Waals surface area contributed by atoms with Gasteiger partial charge in [0.2, 0.25) is 0 Å². The molecule has 0 radical (unpaired) electrons. The Kier molecular flexibility index (Phi) is 4.26. The molecule has 3 heteroatoms. The Bertz CT molecular complexity index is 354. The Morgan fingerprint density at radius 1 is 1.12 bits per heavy atom. The summed E-state index contributed by atoms with van der Waals surface area (Å²) in [6.45, 7) is 0. The van der Waals surface area contributed by atoms with Gasteiger partial charge in [-0.05, 0) is 38.4 Å². The van der Waals surface area contributed by atoms with Crippen LogP contribution in [0.3, 0.4) is 0 Å². The number of rotatable bonds is 4. The lowest BCUT2D eigenvalue weighted by Crippen LogP contribution is -2.43. The van der Waals surface area contributed by atoms with Gasteiger partial charge in [-0.2, -0.15) is 0 Å². The van der Waals surface area contributed by atoms with E-state index in [1.807, 2.05) is 31.3 Å². The fourth-order valence-corrected chi connectivity index (χ4v) is 2.45. The molecule has 0 spiro atoms. The molecular weight excluding hydrogens is 214 g/mol. The van der Waals surface area contributed by atoms with Crippen molar-refractivity contribution in [3.05, 3.63) is 24.3 Å². The molecule has 1 aliphatic rings. The highest BCUT2D eigenvalue weighted by Crippen LogP contribution is 2.30. The van der Waals surface area contributed by atoms with Crippen molar-refractivity contribution in [2.75, 3.05) is 14.2 Å². The van der Waals surface area contributed by atoms with E-state index in [0.29, 0.717) is 6.04 Å². The van der Waals surface area contributed by atoms with Gasteiger partial charge in [-0.1, -0.05) is 18.6 Å². The third kappa shape index (κ3) is 2.91. The smallest absolute Gasteiger partial charge is 0.161 e. The lowest BCUT2D eigenvalue weighted by Gasteiger charge is -2.31. The van der Waals surface area contributed by atoms with Crippen LogP contribution in [0.25, 0.3) is 0 Å². The van der Waals surface area contributed by atoms with Crippen LogP contribution in [-0.2, 0) is 0 Å². The molecule has 1 saturated carbocycles. The molecule has 0 aliphatic heterocycles. The molecule has 94 valence electrons. The van der Waals surface area contributed by atoms with E-state index in [4.69, 9.17) is 9.47 Å². The zero-order valence-corrected chi connectivity index (χ0v) is 10.6. The maximum absolute atomic E-state index is 6.09. The van der Waals surface area contributed by atoms with Crippen molar-refractivity contribution in [3.63, 3.8) is 0 Å². The van der Waals surface area contributed by atoms with Crippen molar-refractivity contribution in [2.45, 2.75) is 37.8 Å². The van der Waals surface area contributed by atoms with Crippen molar-refractivity contribution in [1.29, 1.82) is 0 Å². The average Bonchev–Trinajstić information content (AvgIpc) is 2.40. The largest absolute Gasteiger partial charge is 0.493 e. The van der Waals surface area contributed by atoms with Gasteiger partial charge in [-0.3, -0.25) is 0 Å². The number of benzene rings is 1. The average molecular weight is 235 g/mol. The second-order valence-electron chi connectivity index (χ2n) is 4.49. The third-order valence-corrected chi connectivity index (χ3v) is 3.42. The van der Waals surface area contributed by atoms with E-state index in [2.05, 4.69) is 5.32 Å². The SMILES string of the molecule is CNC1CCCCC1Oc1ccccc1OC. The summed E-state index contributed by atoms with van der Waals surface area (Å²) in [7, 11) is 3.69. The van der Waals surface area contributed by atoms with E-state index >= 15 is 0 Å². The van der Waals surface area contributed by atoms with Crippen molar-refractivity contribution < 1.29 is 9.47 Å². The first-order valence-electron chi connectivity index (χ1n) is 6.32. The number of ether oxygens (including phenoxy) is 2. The molecule has 1 fully saturated rings. The van der Waals surface area contributed by atoms with Gasteiger partial charge in [-0.15, -0.1) is 0 Å². The minimum atomic E-state index is 0.255. The maximum Gasteiger partial charge on any atom is 0.161 e. The van der Waals surface area contributed by atoms with Gasteiger partial charge in [0.25, 0.3) is 0 Å². The summed E-state index contributed by atoms with van der Waals surface area (Å²) in [5.41, 5.74) is 0. The molecule has 0 saturated heterocycles. The van der Waals surface area contributed by atoms with Crippen molar-refractivity contribution >= 4 is 0 Å². The van der Waals surface area contributed by atoms with Gasteiger partial charge in [0, 0.05) is 6.04 Å². The molecule has 2 atom stereocenters. The Hall–Kier alpha value is -1.22. The van der Waals surface area contributed by atoms with Gasteiger partial charge in [0.05, 0.1) is 7.11 Å². The van der Waals surface area contributed by atoms with Crippen LogP contribution in [0.5, 0.6) is 11.5 Å². The molecule has 0 heterocycles. The van der Waals surface area contributed by atoms with E-state index in [1.54, 1.807) is 7.11 Å². The molecule has 0 bridgehead atoms. The Morgan fingerprint density at radius 2 is 1.82 bits per heavy atom. The number of para-hydroxylation sites is 2. The minimum Gasteiger partial charge on any atom is -0.493 e. The highest BCUT2D eigenvalue weighted by Gasteiger charge is 2.25. The molecule has 3 nitrogen and oxygen atoms in total. The normalized spacial score (nSPS) is 24.4. The molecule has 1 aromatic rings. The first-order chi connectivity index (χ1) is 8.35. The number of likely N-dealkylation sites (N-methyl/N-ethyl adjacent to an activating group) is 1. The lowest BCUT2D eigenvalue weighted by molar-refractivity contribution is 0.114. The zero-order chi connectivity index (χ0) is 12.1. The van der Waals surface area contributed by atoms with Crippen LogP contribution >= 0.6 is 0 Å². The molecule has 17 heavy (non-hydrogen) atoms. The Morgan fingerprint density at radius 3 is 2.53 bits per heavy atom. The van der Waals surface area contributed by atoms with Crippen molar-refractivity contribution in [2.24, 2.45) is 0 Å². The van der Waals surface area contributed by atoms with E-state index in [9.17, 15) is 0 Å². The Labute approximate surface area is 103 Å². The van der Waals surface area contributed by atoms with Crippen LogP contribution in [0.4, 0.5) is 0 Å². The van der Waals surface area contributed by atoms with Crippen LogP contribution in [0.15, 0.2) is 24.3 Å². The summed E-state index contributed by atoms with van der Waals surface area (Å²) in [5.74, 6) is 1.66. The molecule has 0 amide bonds. The van der Waals surface area contributed by atoms with E-state index in [-0.39, 0.29) is 6.10 Å². The molecule has 2 rings (SSSR count). The van der Waals surface area contributed by atoms with E-state index in [0.717, 1.165) is 17.9 Å². The van der Waals surface area contributed by atoms with Gasteiger partial charge >= 0.3 is 0 Å². The van der Waals surface area contributed by atoms with Crippen molar-refractivity contribution in [1.82, 2.24) is 5.32 Å². The van der Waals surface area contributed by atoms with Gasteiger partial charge < -0.3 is 14.8 Å². The summed E-state index contributed by atoms with van der Waals surface area (Å²) < 4.78 is 11.4. The second kappa shape index (κ2) is 5.92. The van der Waals surface area contributed by atoms with Crippen LogP contribution in [0, 0.1) is 0 Å². The van der Waals surface area contributed by atoms with Crippen molar-refractivity contribution in [3.8, 4) is 11.5 Å². The third-order valence-electron chi connectivity index (χ3n) is 3.42. The first-order valence-corrected chi connectivity index (χ1v) is 6.32. The van der Waals surface area contributed by atoms with Gasteiger partial charge in [0.15, 0.2) is 11.5 Å². The number of hydrogen-bond donors (Lipinski definition) is 1. The van der Waals surface area contributed by atoms with Crippen LogP contribution in [0.2, 0.25) is 0 Å². The molecule has 0 aromatic heterocycles. The van der Waals surface area contributed by atoms with Crippen LogP contribution in [0.1, 0.15) is 25.7 Å². The number of hydrogen-bond acceptors (Lipinski definition) is 3. The van der Waals surface area contributed by atoms with Gasteiger partial charge in [0.1, 0.15) is 6.10 Å². The summed E-state index contributed by atoms with van der Waals surface area (Å²) in [6.07, 6.45) is 5.10. The predicted molar refractivity (Wildman–Crippen MR) is 68.7 cm³/mol. The highest BCUT2D eigenvalue weighted by molar-refractivity contribution is 5.39. The minimum absolute atomic E-state index is 0.255. The molecular formula is C14H21NO2.